The zero-order valence-corrected chi connectivity index (χ0v) is 12.2. The molecule has 0 aliphatic heterocycles. The van der Waals surface area contributed by atoms with Gasteiger partial charge in [-0.25, -0.2) is 0 Å². The molecule has 0 saturated heterocycles. The average Bonchev–Trinajstić information content (AvgIpc) is 3.01. The lowest BCUT2D eigenvalue weighted by atomic mass is 9.78. The van der Waals surface area contributed by atoms with E-state index in [2.05, 4.69) is 12.2 Å². The molecule has 6 atom stereocenters. The quantitative estimate of drug-likeness (QED) is 0.834. The molecule has 20 heavy (non-hydrogen) atoms. The number of fused-ring (bicyclic) bond motifs is 2. The molecule has 112 valence electrons. The van der Waals surface area contributed by atoms with Crippen LogP contribution in [-0.2, 0) is 9.59 Å². The number of nitrogens with one attached hydrogen (secondary N) is 1. The van der Waals surface area contributed by atoms with Gasteiger partial charge in [-0.3, -0.25) is 9.59 Å². The van der Waals surface area contributed by atoms with Crippen LogP contribution in [0.1, 0.15) is 51.9 Å². The molecule has 2 bridgehead atoms. The highest BCUT2D eigenvalue weighted by Crippen LogP contribution is 2.52. The molecule has 0 aromatic rings. The molecule has 3 saturated carbocycles. The minimum atomic E-state index is -0.769. The minimum Gasteiger partial charge on any atom is -0.481 e. The van der Waals surface area contributed by atoms with Crippen LogP contribution in [0.5, 0.6) is 0 Å². The third kappa shape index (κ3) is 2.33. The van der Waals surface area contributed by atoms with E-state index in [0.29, 0.717) is 11.8 Å². The van der Waals surface area contributed by atoms with E-state index in [1.807, 2.05) is 0 Å². The van der Waals surface area contributed by atoms with Crippen molar-refractivity contribution in [3.8, 4) is 0 Å². The molecule has 2 N–H and O–H groups in total. The van der Waals surface area contributed by atoms with Crippen LogP contribution in [0, 0.1) is 29.6 Å². The number of amides is 1. The fourth-order valence-electron chi connectivity index (χ4n) is 4.83. The van der Waals surface area contributed by atoms with Crippen molar-refractivity contribution >= 4 is 11.9 Å². The number of hydrogen-bond donors (Lipinski definition) is 2. The number of carbonyl (C=O) groups excluding carboxylic acids is 1. The minimum absolute atomic E-state index is 0.0170. The largest absolute Gasteiger partial charge is 0.481 e. The first-order chi connectivity index (χ1) is 9.58. The fourth-order valence-corrected chi connectivity index (χ4v) is 4.83. The SMILES string of the molecule is C[C@@H]1CCCC[C@H]1NC(=O)[C@@H]1[C@@H]2CC[C@@H](C2)[C@@H]1C(=O)O. The summed E-state index contributed by atoms with van der Waals surface area (Å²) in [6.07, 6.45) is 7.61. The number of hydrogen-bond acceptors (Lipinski definition) is 2. The van der Waals surface area contributed by atoms with Crippen LogP contribution in [0.3, 0.4) is 0 Å². The van der Waals surface area contributed by atoms with Gasteiger partial charge >= 0.3 is 5.97 Å². The zero-order chi connectivity index (χ0) is 14.3. The standard InChI is InChI=1S/C16H25NO3/c1-9-4-2-3-5-12(9)17-15(18)13-10-6-7-11(8-10)14(13)16(19)20/h9-14H,2-8H2,1H3,(H,17,18)(H,19,20)/t9-,10-,11+,12-,13-,14+/m1/s1. The molecule has 0 heterocycles. The average molecular weight is 279 g/mol. The van der Waals surface area contributed by atoms with E-state index in [0.717, 1.165) is 25.7 Å². The number of carboxylic acids is 1. The van der Waals surface area contributed by atoms with Gasteiger partial charge in [0.1, 0.15) is 0 Å². The summed E-state index contributed by atoms with van der Waals surface area (Å²) in [5.74, 6) is -0.406. The van der Waals surface area contributed by atoms with Gasteiger partial charge in [-0.15, -0.1) is 0 Å². The first-order valence-corrected chi connectivity index (χ1v) is 8.11. The summed E-state index contributed by atoms with van der Waals surface area (Å²) in [4.78, 5) is 24.1. The Morgan fingerprint density at radius 3 is 2.30 bits per heavy atom. The highest BCUT2D eigenvalue weighted by Gasteiger charge is 2.54. The van der Waals surface area contributed by atoms with Gasteiger partial charge in [-0.1, -0.05) is 19.8 Å². The van der Waals surface area contributed by atoms with Crippen LogP contribution in [0.2, 0.25) is 0 Å². The molecule has 3 fully saturated rings. The Labute approximate surface area is 120 Å². The van der Waals surface area contributed by atoms with Crippen molar-refractivity contribution in [3.05, 3.63) is 0 Å². The summed E-state index contributed by atoms with van der Waals surface area (Å²) < 4.78 is 0. The number of carboxylic acid groups (broad SMARTS) is 1. The van der Waals surface area contributed by atoms with Gasteiger partial charge in [0, 0.05) is 6.04 Å². The Morgan fingerprint density at radius 2 is 1.65 bits per heavy atom. The Morgan fingerprint density at radius 1 is 1.00 bits per heavy atom. The molecular formula is C16H25NO3. The Hall–Kier alpha value is -1.06. The Kier molecular flexibility index (Phi) is 3.74. The summed E-state index contributed by atoms with van der Waals surface area (Å²) in [5, 5.41) is 12.6. The van der Waals surface area contributed by atoms with Crippen molar-refractivity contribution in [3.63, 3.8) is 0 Å². The molecule has 4 heteroatoms. The zero-order valence-electron chi connectivity index (χ0n) is 12.2. The maximum Gasteiger partial charge on any atom is 0.307 e. The van der Waals surface area contributed by atoms with Crippen LogP contribution in [0.4, 0.5) is 0 Å². The summed E-state index contributed by atoms with van der Waals surface area (Å²) in [6.45, 7) is 2.19. The number of carbonyl (C=O) groups is 2. The van der Waals surface area contributed by atoms with Crippen molar-refractivity contribution in [2.45, 2.75) is 57.9 Å². The summed E-state index contributed by atoms with van der Waals surface area (Å²) in [7, 11) is 0. The second-order valence-electron chi connectivity index (χ2n) is 7.10. The van der Waals surface area contributed by atoms with Crippen LogP contribution in [0.15, 0.2) is 0 Å². The lowest BCUT2D eigenvalue weighted by Crippen LogP contribution is -2.47. The lowest BCUT2D eigenvalue weighted by Gasteiger charge is -2.33. The van der Waals surface area contributed by atoms with Crippen molar-refractivity contribution in [2.75, 3.05) is 0 Å². The van der Waals surface area contributed by atoms with E-state index in [1.54, 1.807) is 0 Å². The third-order valence-corrected chi connectivity index (χ3v) is 5.94. The second kappa shape index (κ2) is 5.38. The smallest absolute Gasteiger partial charge is 0.307 e. The van der Waals surface area contributed by atoms with Gasteiger partial charge < -0.3 is 10.4 Å². The van der Waals surface area contributed by atoms with Gasteiger partial charge in [0.2, 0.25) is 5.91 Å². The van der Waals surface area contributed by atoms with E-state index in [-0.39, 0.29) is 23.8 Å². The predicted octanol–water partition coefficient (Wildman–Crippen LogP) is 2.43. The molecule has 3 aliphatic rings. The molecule has 1 amide bonds. The van der Waals surface area contributed by atoms with Crippen molar-refractivity contribution in [2.24, 2.45) is 29.6 Å². The molecule has 3 rings (SSSR count). The molecule has 0 aromatic heterocycles. The topological polar surface area (TPSA) is 66.4 Å². The molecule has 0 spiro atoms. The first kappa shape index (κ1) is 13.9. The number of rotatable bonds is 3. The molecule has 0 radical (unpaired) electrons. The van der Waals surface area contributed by atoms with E-state index in [1.165, 1.54) is 19.3 Å². The molecule has 4 nitrogen and oxygen atoms in total. The van der Waals surface area contributed by atoms with Gasteiger partial charge in [0.05, 0.1) is 11.8 Å². The monoisotopic (exact) mass is 279 g/mol. The summed E-state index contributed by atoms with van der Waals surface area (Å²) in [5.41, 5.74) is 0. The first-order valence-electron chi connectivity index (χ1n) is 8.11. The molecule has 0 aromatic carbocycles. The van der Waals surface area contributed by atoms with Crippen LogP contribution >= 0.6 is 0 Å². The summed E-state index contributed by atoms with van der Waals surface area (Å²) in [6, 6.07) is 0.254. The Balaban J connectivity index is 1.68. The van der Waals surface area contributed by atoms with Gasteiger partial charge in [-0.05, 0) is 49.9 Å². The Bertz CT molecular complexity index is 409. The molecular weight excluding hydrogens is 254 g/mol. The van der Waals surface area contributed by atoms with E-state index >= 15 is 0 Å². The van der Waals surface area contributed by atoms with Crippen LogP contribution < -0.4 is 5.32 Å². The van der Waals surface area contributed by atoms with Crippen LogP contribution in [0.25, 0.3) is 0 Å². The normalized spacial score (nSPS) is 43.5. The van der Waals surface area contributed by atoms with Crippen LogP contribution in [-0.4, -0.2) is 23.0 Å². The van der Waals surface area contributed by atoms with E-state index in [4.69, 9.17) is 0 Å². The third-order valence-electron chi connectivity index (χ3n) is 5.94. The highest BCUT2D eigenvalue weighted by atomic mass is 16.4. The molecule has 0 unspecified atom stereocenters. The van der Waals surface area contributed by atoms with E-state index in [9.17, 15) is 14.7 Å². The molecule has 3 aliphatic carbocycles. The van der Waals surface area contributed by atoms with Gasteiger partial charge in [-0.2, -0.15) is 0 Å². The predicted molar refractivity (Wildman–Crippen MR) is 75.0 cm³/mol. The van der Waals surface area contributed by atoms with Gasteiger partial charge in [0.15, 0.2) is 0 Å². The van der Waals surface area contributed by atoms with Crippen molar-refractivity contribution in [1.82, 2.24) is 5.32 Å². The highest BCUT2D eigenvalue weighted by molar-refractivity contribution is 5.86. The van der Waals surface area contributed by atoms with E-state index < -0.39 is 11.9 Å². The maximum absolute atomic E-state index is 12.6. The lowest BCUT2D eigenvalue weighted by molar-refractivity contribution is -0.149. The summed E-state index contributed by atoms with van der Waals surface area (Å²) >= 11 is 0. The maximum atomic E-state index is 12.6. The fraction of sp³-hybridized carbons (Fsp3) is 0.875. The van der Waals surface area contributed by atoms with Crippen molar-refractivity contribution < 1.29 is 14.7 Å². The second-order valence-corrected chi connectivity index (χ2v) is 7.10. The van der Waals surface area contributed by atoms with Gasteiger partial charge in [0.25, 0.3) is 0 Å². The van der Waals surface area contributed by atoms with Crippen molar-refractivity contribution in [1.29, 1.82) is 0 Å². The number of aliphatic carboxylic acids is 1.